The van der Waals surface area contributed by atoms with Crippen molar-refractivity contribution < 1.29 is 14.3 Å². The number of rotatable bonds is 4. The Kier molecular flexibility index (Phi) is 6.52. The minimum Gasteiger partial charge on any atom is -0.463 e. The van der Waals surface area contributed by atoms with Crippen molar-refractivity contribution in [1.82, 2.24) is 15.3 Å². The Balaban J connectivity index is 1.72. The van der Waals surface area contributed by atoms with Crippen molar-refractivity contribution in [2.75, 3.05) is 6.61 Å². The van der Waals surface area contributed by atoms with Gasteiger partial charge in [-0.1, -0.05) is 23.2 Å². The Bertz CT molecular complexity index is 550. The summed E-state index contributed by atoms with van der Waals surface area (Å²) in [5, 5.41) is 3.44. The van der Waals surface area contributed by atoms with Gasteiger partial charge in [-0.25, -0.2) is 4.79 Å². The first-order valence-corrected chi connectivity index (χ1v) is 8.79. The average Bonchev–Trinajstić information content (AvgIpc) is 2.43. The van der Waals surface area contributed by atoms with Crippen molar-refractivity contribution >= 4 is 29.3 Å². The lowest BCUT2D eigenvalue weighted by molar-refractivity contribution is 0.0483. The summed E-state index contributed by atoms with van der Waals surface area (Å²) in [5.41, 5.74) is -0.479. The van der Waals surface area contributed by atoms with Gasteiger partial charge in [-0.05, 0) is 52.4 Å². The summed E-state index contributed by atoms with van der Waals surface area (Å²) in [5.74, 6) is 0.392. The Morgan fingerprint density at radius 3 is 2.33 bits per heavy atom. The molecule has 1 aliphatic carbocycles. The second kappa shape index (κ2) is 8.21. The Morgan fingerprint density at radius 2 is 1.79 bits per heavy atom. The molecule has 0 aliphatic heterocycles. The first kappa shape index (κ1) is 19.1. The minimum absolute atomic E-state index is 0.146. The zero-order valence-corrected chi connectivity index (χ0v) is 15.7. The van der Waals surface area contributed by atoms with Gasteiger partial charge in [0.25, 0.3) is 0 Å². The van der Waals surface area contributed by atoms with Gasteiger partial charge in [-0.15, -0.1) is 0 Å². The number of hydrogen-bond acceptors (Lipinski definition) is 5. The van der Waals surface area contributed by atoms with Gasteiger partial charge in [0.05, 0.1) is 6.61 Å². The molecule has 2 rings (SSSR count). The van der Waals surface area contributed by atoms with Crippen LogP contribution in [0.15, 0.2) is 6.07 Å². The molecule has 0 saturated heterocycles. The molecule has 1 fully saturated rings. The molecule has 0 bridgehead atoms. The van der Waals surface area contributed by atoms with E-state index in [0.29, 0.717) is 12.5 Å². The molecule has 1 aliphatic rings. The van der Waals surface area contributed by atoms with Crippen molar-refractivity contribution in [2.24, 2.45) is 5.92 Å². The van der Waals surface area contributed by atoms with Gasteiger partial charge >= 0.3 is 12.1 Å². The highest BCUT2D eigenvalue weighted by Gasteiger charge is 2.25. The Morgan fingerprint density at radius 1 is 1.21 bits per heavy atom. The van der Waals surface area contributed by atoms with E-state index < -0.39 is 5.60 Å². The highest BCUT2D eigenvalue weighted by Crippen LogP contribution is 2.25. The molecule has 1 heterocycles. The van der Waals surface area contributed by atoms with E-state index in [1.165, 1.54) is 6.07 Å². The molecule has 134 valence electrons. The number of nitrogens with zero attached hydrogens (tertiary/aromatic N) is 2. The van der Waals surface area contributed by atoms with E-state index in [9.17, 15) is 4.79 Å². The van der Waals surface area contributed by atoms with Gasteiger partial charge in [0.1, 0.15) is 15.9 Å². The van der Waals surface area contributed by atoms with E-state index in [1.54, 1.807) is 0 Å². The average molecular weight is 376 g/mol. The Labute approximate surface area is 152 Å². The monoisotopic (exact) mass is 375 g/mol. The molecule has 0 atom stereocenters. The van der Waals surface area contributed by atoms with E-state index in [-0.39, 0.29) is 28.5 Å². The van der Waals surface area contributed by atoms with Gasteiger partial charge in [0.15, 0.2) is 0 Å². The zero-order valence-electron chi connectivity index (χ0n) is 14.1. The van der Waals surface area contributed by atoms with Crippen LogP contribution in [0.5, 0.6) is 6.01 Å². The quantitative estimate of drug-likeness (QED) is 0.796. The van der Waals surface area contributed by atoms with Gasteiger partial charge in [0.2, 0.25) is 0 Å². The van der Waals surface area contributed by atoms with Crippen molar-refractivity contribution in [2.45, 2.75) is 58.1 Å². The van der Waals surface area contributed by atoms with Crippen LogP contribution >= 0.6 is 23.2 Å². The van der Waals surface area contributed by atoms with Crippen molar-refractivity contribution in [1.29, 1.82) is 0 Å². The molecular weight excluding hydrogens is 353 g/mol. The van der Waals surface area contributed by atoms with Crippen LogP contribution in [0.3, 0.4) is 0 Å². The van der Waals surface area contributed by atoms with E-state index in [1.807, 2.05) is 20.8 Å². The van der Waals surface area contributed by atoms with Gasteiger partial charge in [0, 0.05) is 12.1 Å². The van der Waals surface area contributed by atoms with Crippen LogP contribution in [-0.2, 0) is 4.74 Å². The third-order valence-corrected chi connectivity index (χ3v) is 4.05. The molecule has 1 N–H and O–H groups in total. The smallest absolute Gasteiger partial charge is 0.407 e. The fourth-order valence-electron chi connectivity index (χ4n) is 2.58. The Hall–Kier alpha value is -1.27. The van der Waals surface area contributed by atoms with Crippen LogP contribution in [0, 0.1) is 5.92 Å². The zero-order chi connectivity index (χ0) is 17.7. The number of hydrogen-bond donors (Lipinski definition) is 1. The van der Waals surface area contributed by atoms with Crippen molar-refractivity contribution in [3.8, 4) is 6.01 Å². The number of carbonyl (C=O) groups is 1. The number of nitrogens with one attached hydrogen (secondary N) is 1. The molecule has 8 heteroatoms. The van der Waals surface area contributed by atoms with Gasteiger partial charge in [-0.2, -0.15) is 9.97 Å². The topological polar surface area (TPSA) is 73.3 Å². The lowest BCUT2D eigenvalue weighted by Gasteiger charge is -2.29. The highest BCUT2D eigenvalue weighted by atomic mass is 35.5. The summed E-state index contributed by atoms with van der Waals surface area (Å²) in [6.07, 6.45) is 3.34. The van der Waals surface area contributed by atoms with Gasteiger partial charge < -0.3 is 14.8 Å². The largest absolute Gasteiger partial charge is 0.463 e. The summed E-state index contributed by atoms with van der Waals surface area (Å²) in [4.78, 5) is 19.7. The van der Waals surface area contributed by atoms with E-state index in [4.69, 9.17) is 32.7 Å². The van der Waals surface area contributed by atoms with E-state index in [0.717, 1.165) is 25.7 Å². The molecule has 0 unspecified atom stereocenters. The van der Waals surface area contributed by atoms with E-state index in [2.05, 4.69) is 15.3 Å². The molecule has 6 nitrogen and oxygen atoms in total. The predicted octanol–water partition coefficient (Wildman–Crippen LogP) is 4.25. The number of halogens is 2. The fourth-order valence-corrected chi connectivity index (χ4v) is 2.98. The predicted molar refractivity (Wildman–Crippen MR) is 92.7 cm³/mol. The number of carbonyl (C=O) groups excluding carboxylic acids is 1. The van der Waals surface area contributed by atoms with Crippen LogP contribution in [-0.4, -0.2) is 34.3 Å². The molecule has 1 aromatic heterocycles. The standard InChI is InChI=1S/C16H23Cl2N3O3/c1-16(2,3)24-15(22)19-11-6-4-10(5-7-11)9-23-14-20-12(17)8-13(18)21-14/h8,10-11H,4-7,9H2,1-3H3,(H,19,22). The minimum atomic E-state index is -0.479. The summed E-state index contributed by atoms with van der Waals surface area (Å²) in [7, 11) is 0. The maximum absolute atomic E-state index is 11.8. The number of ether oxygens (including phenoxy) is 2. The van der Waals surface area contributed by atoms with Crippen molar-refractivity contribution in [3.05, 3.63) is 16.4 Å². The molecular formula is C16H23Cl2N3O3. The fraction of sp³-hybridized carbons (Fsp3) is 0.688. The molecule has 0 radical (unpaired) electrons. The molecule has 1 saturated carbocycles. The van der Waals surface area contributed by atoms with Crippen LogP contribution in [0.25, 0.3) is 0 Å². The summed E-state index contributed by atoms with van der Waals surface area (Å²) >= 11 is 11.6. The summed E-state index contributed by atoms with van der Waals surface area (Å²) in [6, 6.07) is 1.80. The third-order valence-electron chi connectivity index (χ3n) is 3.66. The maximum atomic E-state index is 11.8. The molecule has 1 amide bonds. The number of amides is 1. The summed E-state index contributed by atoms with van der Waals surface area (Å²) in [6.45, 7) is 6.07. The van der Waals surface area contributed by atoms with Crippen LogP contribution in [0.2, 0.25) is 10.3 Å². The van der Waals surface area contributed by atoms with E-state index >= 15 is 0 Å². The molecule has 24 heavy (non-hydrogen) atoms. The first-order valence-electron chi connectivity index (χ1n) is 8.03. The third kappa shape index (κ3) is 6.69. The lowest BCUT2D eigenvalue weighted by Crippen LogP contribution is -2.41. The SMILES string of the molecule is CC(C)(C)OC(=O)NC1CCC(COc2nc(Cl)cc(Cl)n2)CC1. The maximum Gasteiger partial charge on any atom is 0.407 e. The number of alkyl carbamates (subject to hydrolysis) is 1. The molecule has 0 aromatic carbocycles. The van der Waals surface area contributed by atoms with Crippen LogP contribution in [0.4, 0.5) is 4.79 Å². The van der Waals surface area contributed by atoms with Crippen molar-refractivity contribution in [3.63, 3.8) is 0 Å². The molecule has 1 aromatic rings. The first-order chi connectivity index (χ1) is 11.2. The second-order valence-electron chi connectivity index (χ2n) is 6.97. The second-order valence-corrected chi connectivity index (χ2v) is 7.75. The van der Waals surface area contributed by atoms with Crippen LogP contribution < -0.4 is 10.1 Å². The highest BCUT2D eigenvalue weighted by molar-refractivity contribution is 6.33. The summed E-state index contributed by atoms with van der Waals surface area (Å²) < 4.78 is 10.9. The van der Waals surface area contributed by atoms with Crippen LogP contribution in [0.1, 0.15) is 46.5 Å². The number of aromatic nitrogens is 2. The van der Waals surface area contributed by atoms with Gasteiger partial charge in [-0.3, -0.25) is 0 Å². The molecule has 0 spiro atoms. The normalized spacial score (nSPS) is 21.2. The lowest BCUT2D eigenvalue weighted by atomic mass is 9.86.